The largest absolute Gasteiger partial charge is 0.321 e. The summed E-state index contributed by atoms with van der Waals surface area (Å²) in [6, 6.07) is 12.8. The first-order valence-electron chi connectivity index (χ1n) is 12.7. The van der Waals surface area contributed by atoms with E-state index in [0.717, 1.165) is 31.2 Å². The molecule has 2 amide bonds. The highest BCUT2D eigenvalue weighted by Crippen LogP contribution is 2.46. The summed E-state index contributed by atoms with van der Waals surface area (Å²) in [7, 11) is 0. The molecule has 0 bridgehead atoms. The van der Waals surface area contributed by atoms with Crippen LogP contribution in [-0.4, -0.2) is 36.7 Å². The number of carbonyl (C=O) groups excluding carboxylic acids is 2. The molecular formula is C29H24N8O2. The summed E-state index contributed by atoms with van der Waals surface area (Å²) < 4.78 is 0. The van der Waals surface area contributed by atoms with Crippen molar-refractivity contribution in [3.05, 3.63) is 78.1 Å². The Morgan fingerprint density at radius 2 is 1.77 bits per heavy atom. The Labute approximate surface area is 224 Å². The second kappa shape index (κ2) is 9.68. The Balaban J connectivity index is 1.23. The Kier molecular flexibility index (Phi) is 6.04. The van der Waals surface area contributed by atoms with Gasteiger partial charge < -0.3 is 10.6 Å². The molecule has 0 atom stereocenters. The molecule has 2 aliphatic rings. The maximum atomic E-state index is 13.0. The zero-order valence-electron chi connectivity index (χ0n) is 21.2. The monoisotopic (exact) mass is 516 g/mol. The molecule has 2 saturated carbocycles. The average molecular weight is 517 g/mol. The van der Waals surface area contributed by atoms with E-state index in [-0.39, 0.29) is 17.7 Å². The first-order valence-corrected chi connectivity index (χ1v) is 12.7. The standard InChI is InChI=1S/C29H24N8O2/c1-17-22(14-21(15-34-17)35-28(39)20-5-9-31-24(12-20)29(16-30)7-8-29)26-33-11-6-23(36-26)19-4-10-32-25(13-19)37-27(38)18-2-3-18/h4-6,9-15,18H,2-3,7-8H2,1H3,(H,35,39)(H,32,37,38). The topological polar surface area (TPSA) is 146 Å². The number of carbonyl (C=O) groups is 2. The van der Waals surface area contributed by atoms with Gasteiger partial charge in [-0.25, -0.2) is 15.0 Å². The molecule has 2 N–H and O–H groups in total. The van der Waals surface area contributed by atoms with Crippen molar-refractivity contribution in [2.75, 3.05) is 10.6 Å². The minimum absolute atomic E-state index is 0.0105. The SMILES string of the molecule is Cc1ncc(NC(=O)c2ccnc(C3(C#N)CC3)c2)cc1-c1nccc(-c2ccnc(NC(=O)C3CC3)c2)n1. The number of nitriles is 1. The number of pyridine rings is 3. The molecule has 0 spiro atoms. The number of anilines is 2. The van der Waals surface area contributed by atoms with Gasteiger partial charge in [0.25, 0.3) is 5.91 Å². The van der Waals surface area contributed by atoms with Crippen LogP contribution in [0.25, 0.3) is 22.6 Å². The maximum Gasteiger partial charge on any atom is 0.255 e. The predicted molar refractivity (Wildman–Crippen MR) is 143 cm³/mol. The van der Waals surface area contributed by atoms with Crippen molar-refractivity contribution < 1.29 is 9.59 Å². The van der Waals surface area contributed by atoms with Gasteiger partial charge in [0.15, 0.2) is 5.82 Å². The zero-order valence-corrected chi connectivity index (χ0v) is 21.2. The van der Waals surface area contributed by atoms with Gasteiger partial charge in [-0.1, -0.05) is 0 Å². The molecule has 10 heteroatoms. The van der Waals surface area contributed by atoms with Crippen molar-refractivity contribution in [2.24, 2.45) is 5.92 Å². The highest BCUT2D eigenvalue weighted by atomic mass is 16.2. The predicted octanol–water partition coefficient (Wildman–Crippen LogP) is 4.46. The lowest BCUT2D eigenvalue weighted by Gasteiger charge is -2.11. The third kappa shape index (κ3) is 5.07. The lowest BCUT2D eigenvalue weighted by molar-refractivity contribution is -0.117. The smallest absolute Gasteiger partial charge is 0.255 e. The van der Waals surface area contributed by atoms with E-state index in [1.54, 1.807) is 55.1 Å². The molecule has 0 unspecified atom stereocenters. The highest BCUT2D eigenvalue weighted by molar-refractivity contribution is 6.04. The lowest BCUT2D eigenvalue weighted by atomic mass is 10.0. The van der Waals surface area contributed by atoms with E-state index in [1.165, 1.54) is 0 Å². The van der Waals surface area contributed by atoms with Crippen molar-refractivity contribution in [3.63, 3.8) is 0 Å². The first-order chi connectivity index (χ1) is 18.9. The Morgan fingerprint density at radius 1 is 0.974 bits per heavy atom. The van der Waals surface area contributed by atoms with Gasteiger partial charge in [-0.15, -0.1) is 0 Å². The van der Waals surface area contributed by atoms with Gasteiger partial charge in [0.05, 0.1) is 34.8 Å². The van der Waals surface area contributed by atoms with Crippen LogP contribution >= 0.6 is 0 Å². The van der Waals surface area contributed by atoms with Crippen LogP contribution in [0.15, 0.2) is 61.2 Å². The first kappa shape index (κ1) is 24.3. The van der Waals surface area contributed by atoms with Gasteiger partial charge in [-0.05, 0) is 69.0 Å². The Hall–Kier alpha value is -5.04. The molecule has 6 rings (SSSR count). The normalized spacial score (nSPS) is 15.2. The summed E-state index contributed by atoms with van der Waals surface area (Å²) in [5.41, 5.74) is 3.78. The third-order valence-electron chi connectivity index (χ3n) is 6.97. The maximum absolute atomic E-state index is 13.0. The van der Waals surface area contributed by atoms with Crippen LogP contribution in [0.2, 0.25) is 0 Å². The number of nitrogens with one attached hydrogen (secondary N) is 2. The second-order valence-corrected chi connectivity index (χ2v) is 9.89. The van der Waals surface area contributed by atoms with E-state index < -0.39 is 5.41 Å². The summed E-state index contributed by atoms with van der Waals surface area (Å²) in [6.07, 6.45) is 9.77. The van der Waals surface area contributed by atoms with Crippen LogP contribution in [0.3, 0.4) is 0 Å². The summed E-state index contributed by atoms with van der Waals surface area (Å²) >= 11 is 0. The van der Waals surface area contributed by atoms with Crippen LogP contribution in [0, 0.1) is 24.2 Å². The number of hydrogen-bond acceptors (Lipinski definition) is 8. The lowest BCUT2D eigenvalue weighted by Crippen LogP contribution is -2.15. The molecule has 2 fully saturated rings. The Bertz CT molecular complexity index is 1650. The summed E-state index contributed by atoms with van der Waals surface area (Å²) in [6.45, 7) is 1.85. The van der Waals surface area contributed by atoms with Crippen molar-refractivity contribution in [3.8, 4) is 28.7 Å². The Morgan fingerprint density at radius 3 is 2.54 bits per heavy atom. The molecule has 2 aliphatic carbocycles. The van der Waals surface area contributed by atoms with Crippen molar-refractivity contribution in [1.82, 2.24) is 24.9 Å². The van der Waals surface area contributed by atoms with E-state index in [1.807, 2.05) is 13.0 Å². The fraction of sp³-hybridized carbons (Fsp3) is 0.241. The van der Waals surface area contributed by atoms with Gasteiger partial charge in [0.1, 0.15) is 5.82 Å². The van der Waals surface area contributed by atoms with Crippen molar-refractivity contribution in [1.29, 1.82) is 5.26 Å². The fourth-order valence-electron chi connectivity index (χ4n) is 4.30. The van der Waals surface area contributed by atoms with E-state index in [4.69, 9.17) is 4.98 Å². The van der Waals surface area contributed by atoms with Crippen LogP contribution < -0.4 is 10.6 Å². The molecule has 0 aliphatic heterocycles. The minimum Gasteiger partial charge on any atom is -0.321 e. The molecule has 4 aromatic heterocycles. The average Bonchev–Trinajstić information content (AvgIpc) is 3.89. The quantitative estimate of drug-likeness (QED) is 0.366. The molecule has 4 heterocycles. The second-order valence-electron chi connectivity index (χ2n) is 9.89. The summed E-state index contributed by atoms with van der Waals surface area (Å²) in [5, 5.41) is 15.2. The van der Waals surface area contributed by atoms with Gasteiger partial charge in [0, 0.05) is 46.9 Å². The van der Waals surface area contributed by atoms with Gasteiger partial charge in [-0.3, -0.25) is 19.6 Å². The number of nitrogens with zero attached hydrogens (tertiary/aromatic N) is 6. The number of aryl methyl sites for hydroxylation is 1. The third-order valence-corrected chi connectivity index (χ3v) is 6.97. The van der Waals surface area contributed by atoms with E-state index >= 15 is 0 Å². The van der Waals surface area contributed by atoms with Crippen LogP contribution in [0.5, 0.6) is 0 Å². The van der Waals surface area contributed by atoms with Gasteiger partial charge >= 0.3 is 0 Å². The number of amides is 2. The minimum atomic E-state index is -0.574. The van der Waals surface area contributed by atoms with E-state index in [9.17, 15) is 14.9 Å². The van der Waals surface area contributed by atoms with Crippen LogP contribution in [0.1, 0.15) is 47.4 Å². The number of rotatable bonds is 7. The molecule has 0 radical (unpaired) electrons. The molecule has 4 aromatic rings. The van der Waals surface area contributed by atoms with Gasteiger partial charge in [-0.2, -0.15) is 5.26 Å². The number of aromatic nitrogens is 5. The molecule has 0 saturated heterocycles. The van der Waals surface area contributed by atoms with Crippen LogP contribution in [0.4, 0.5) is 11.5 Å². The fourth-order valence-corrected chi connectivity index (χ4v) is 4.30. The van der Waals surface area contributed by atoms with Crippen LogP contribution in [-0.2, 0) is 10.2 Å². The molecular weight excluding hydrogens is 492 g/mol. The number of hydrogen-bond donors (Lipinski definition) is 2. The molecule has 192 valence electrons. The highest BCUT2D eigenvalue weighted by Gasteiger charge is 2.46. The van der Waals surface area contributed by atoms with Crippen molar-refractivity contribution >= 4 is 23.3 Å². The molecule has 0 aromatic carbocycles. The van der Waals surface area contributed by atoms with E-state index in [2.05, 4.69) is 36.6 Å². The summed E-state index contributed by atoms with van der Waals surface area (Å²) in [5.74, 6) is 0.677. The van der Waals surface area contributed by atoms with E-state index in [0.29, 0.717) is 45.5 Å². The molecule has 39 heavy (non-hydrogen) atoms. The van der Waals surface area contributed by atoms with Gasteiger partial charge in [0.2, 0.25) is 5.91 Å². The zero-order chi connectivity index (χ0) is 27.0. The summed E-state index contributed by atoms with van der Waals surface area (Å²) in [4.78, 5) is 47.3. The molecule has 10 nitrogen and oxygen atoms in total. The van der Waals surface area contributed by atoms with Crippen molar-refractivity contribution in [2.45, 2.75) is 38.0 Å².